The van der Waals surface area contributed by atoms with Gasteiger partial charge in [-0.15, -0.1) is 0 Å². The average molecular weight is 289 g/mol. The van der Waals surface area contributed by atoms with Gasteiger partial charge in [-0.05, 0) is 18.6 Å². The number of methoxy groups -OCH3 is 1. The fourth-order valence-electron chi connectivity index (χ4n) is 1.93. The lowest BCUT2D eigenvalue weighted by atomic mass is 10.1. The van der Waals surface area contributed by atoms with Crippen molar-refractivity contribution in [1.82, 2.24) is 5.32 Å². The van der Waals surface area contributed by atoms with Crippen molar-refractivity contribution in [3.63, 3.8) is 0 Å². The molecule has 1 aromatic heterocycles. The van der Waals surface area contributed by atoms with Gasteiger partial charge in [0, 0.05) is 5.39 Å². The lowest BCUT2D eigenvalue weighted by molar-refractivity contribution is -0.142. The maximum absolute atomic E-state index is 12.1. The number of benzene rings is 1. The van der Waals surface area contributed by atoms with Crippen LogP contribution in [0.4, 0.5) is 0 Å². The predicted molar refractivity (Wildman–Crippen MR) is 76.0 cm³/mol. The van der Waals surface area contributed by atoms with Crippen LogP contribution >= 0.6 is 0 Å². The molecule has 0 aliphatic rings. The summed E-state index contributed by atoms with van der Waals surface area (Å²) in [5, 5.41) is 3.10. The lowest BCUT2D eigenvalue weighted by Crippen LogP contribution is -2.42. The summed E-state index contributed by atoms with van der Waals surface area (Å²) in [6.07, 6.45) is 0.358. The quantitative estimate of drug-likeness (QED) is 0.680. The molecule has 0 aliphatic carbocycles. The maximum atomic E-state index is 12.1. The summed E-state index contributed by atoms with van der Waals surface area (Å²) in [7, 11) is 1.24. The molecule has 6 heteroatoms. The van der Waals surface area contributed by atoms with Crippen molar-refractivity contribution < 1.29 is 18.7 Å². The average Bonchev–Trinajstić information content (AvgIpc) is 2.50. The molecule has 0 fully saturated rings. The highest BCUT2D eigenvalue weighted by atomic mass is 16.5. The van der Waals surface area contributed by atoms with Crippen molar-refractivity contribution in [2.24, 2.45) is 0 Å². The fraction of sp³-hybridized carbons (Fsp3) is 0.267. The maximum Gasteiger partial charge on any atom is 0.349 e. The fourth-order valence-corrected chi connectivity index (χ4v) is 1.93. The molecule has 1 aromatic carbocycles. The van der Waals surface area contributed by atoms with Crippen LogP contribution in [-0.2, 0) is 9.53 Å². The van der Waals surface area contributed by atoms with Crippen molar-refractivity contribution in [2.75, 3.05) is 7.11 Å². The number of hydrogen-bond donors (Lipinski definition) is 1. The minimum absolute atomic E-state index is 0.143. The van der Waals surface area contributed by atoms with E-state index in [1.807, 2.05) is 0 Å². The van der Waals surface area contributed by atoms with Crippen molar-refractivity contribution in [2.45, 2.75) is 19.4 Å². The Morgan fingerprint density at radius 1 is 1.33 bits per heavy atom. The first-order valence-corrected chi connectivity index (χ1v) is 6.48. The van der Waals surface area contributed by atoms with Crippen LogP contribution in [0.25, 0.3) is 11.0 Å². The van der Waals surface area contributed by atoms with Gasteiger partial charge in [0.05, 0.1) is 7.11 Å². The smallest absolute Gasteiger partial charge is 0.349 e. The number of ether oxygens (including phenoxy) is 1. The second-order valence-electron chi connectivity index (χ2n) is 4.44. The van der Waals surface area contributed by atoms with Gasteiger partial charge >= 0.3 is 11.6 Å². The number of carbonyl (C=O) groups is 2. The van der Waals surface area contributed by atoms with Crippen molar-refractivity contribution in [3.8, 4) is 0 Å². The first-order chi connectivity index (χ1) is 10.1. The van der Waals surface area contributed by atoms with Crippen molar-refractivity contribution in [1.29, 1.82) is 0 Å². The summed E-state index contributed by atoms with van der Waals surface area (Å²) in [4.78, 5) is 35.4. The highest BCUT2D eigenvalue weighted by molar-refractivity contribution is 5.98. The zero-order valence-electron chi connectivity index (χ0n) is 11.7. The lowest BCUT2D eigenvalue weighted by Gasteiger charge is -2.14. The first-order valence-electron chi connectivity index (χ1n) is 6.48. The van der Waals surface area contributed by atoms with E-state index >= 15 is 0 Å². The summed E-state index contributed by atoms with van der Waals surface area (Å²) in [5.41, 5.74) is -0.485. The summed E-state index contributed by atoms with van der Waals surface area (Å²) >= 11 is 0. The molecule has 1 heterocycles. The standard InChI is InChI=1S/C15H15NO5/c1-3-11(15(19)20-2)16-13(17)10-8-9-6-4-5-7-12(9)21-14(10)18/h4-8,11H,3H2,1-2H3,(H,16,17). The number of hydrogen-bond acceptors (Lipinski definition) is 5. The predicted octanol–water partition coefficient (Wildman–Crippen LogP) is 1.47. The normalized spacial score (nSPS) is 11.9. The van der Waals surface area contributed by atoms with E-state index in [1.54, 1.807) is 31.2 Å². The van der Waals surface area contributed by atoms with E-state index in [0.717, 1.165) is 0 Å². The number of rotatable bonds is 4. The number of nitrogens with one attached hydrogen (secondary N) is 1. The van der Waals surface area contributed by atoms with Crippen LogP contribution in [0.5, 0.6) is 0 Å². The SMILES string of the molecule is CCC(NC(=O)c1cc2ccccc2oc1=O)C(=O)OC. The number of esters is 1. The highest BCUT2D eigenvalue weighted by Crippen LogP contribution is 2.12. The number of amides is 1. The van der Waals surface area contributed by atoms with Crippen LogP contribution in [0.1, 0.15) is 23.7 Å². The zero-order chi connectivity index (χ0) is 15.4. The van der Waals surface area contributed by atoms with Gasteiger partial charge in [0.2, 0.25) is 0 Å². The molecule has 6 nitrogen and oxygen atoms in total. The molecule has 21 heavy (non-hydrogen) atoms. The molecule has 2 rings (SSSR count). The Morgan fingerprint density at radius 3 is 2.71 bits per heavy atom. The molecular formula is C15H15NO5. The van der Waals surface area contributed by atoms with Gasteiger partial charge in [0.1, 0.15) is 17.2 Å². The Bertz CT molecular complexity index is 734. The van der Waals surface area contributed by atoms with E-state index < -0.39 is 23.5 Å². The van der Waals surface area contributed by atoms with Gasteiger partial charge in [-0.2, -0.15) is 0 Å². The monoisotopic (exact) mass is 289 g/mol. The van der Waals surface area contributed by atoms with Crippen LogP contribution < -0.4 is 10.9 Å². The highest BCUT2D eigenvalue weighted by Gasteiger charge is 2.22. The summed E-state index contributed by atoms with van der Waals surface area (Å²) < 4.78 is 9.67. The summed E-state index contributed by atoms with van der Waals surface area (Å²) in [5.74, 6) is -1.22. The molecule has 1 amide bonds. The second-order valence-corrected chi connectivity index (χ2v) is 4.44. The molecule has 0 bridgehead atoms. The number of para-hydroxylation sites is 1. The molecular weight excluding hydrogens is 274 g/mol. The van der Waals surface area contributed by atoms with Crippen LogP contribution in [0, 0.1) is 0 Å². The summed E-state index contributed by atoms with van der Waals surface area (Å²) in [6, 6.07) is 7.52. The number of carbonyl (C=O) groups excluding carboxylic acids is 2. The van der Waals surface area contributed by atoms with Crippen LogP contribution in [0.15, 0.2) is 39.5 Å². The Labute approximate surface area is 120 Å². The Hall–Kier alpha value is -2.63. The Kier molecular flexibility index (Phi) is 4.37. The Balaban J connectivity index is 2.33. The van der Waals surface area contributed by atoms with E-state index in [4.69, 9.17) is 4.42 Å². The molecule has 1 atom stereocenters. The third-order valence-electron chi connectivity index (χ3n) is 3.09. The topological polar surface area (TPSA) is 85.6 Å². The first kappa shape index (κ1) is 14.8. The molecule has 2 aromatic rings. The van der Waals surface area contributed by atoms with E-state index in [1.165, 1.54) is 13.2 Å². The van der Waals surface area contributed by atoms with Gasteiger partial charge in [-0.3, -0.25) is 4.79 Å². The molecule has 0 aliphatic heterocycles. The molecule has 1 N–H and O–H groups in total. The minimum atomic E-state index is -0.798. The molecule has 0 saturated heterocycles. The van der Waals surface area contributed by atoms with Crippen LogP contribution in [0.3, 0.4) is 0 Å². The second kappa shape index (κ2) is 6.21. The minimum Gasteiger partial charge on any atom is -0.467 e. The molecule has 0 radical (unpaired) electrons. The van der Waals surface area contributed by atoms with Gasteiger partial charge < -0.3 is 14.5 Å². The zero-order valence-corrected chi connectivity index (χ0v) is 11.7. The number of fused-ring (bicyclic) bond motifs is 1. The van der Waals surface area contributed by atoms with E-state index in [0.29, 0.717) is 17.4 Å². The largest absolute Gasteiger partial charge is 0.467 e. The molecule has 0 spiro atoms. The molecule has 0 saturated carbocycles. The molecule has 110 valence electrons. The van der Waals surface area contributed by atoms with Crippen molar-refractivity contribution >= 4 is 22.8 Å². The van der Waals surface area contributed by atoms with Crippen LogP contribution in [0.2, 0.25) is 0 Å². The third kappa shape index (κ3) is 3.10. The van der Waals surface area contributed by atoms with E-state index in [-0.39, 0.29) is 5.56 Å². The molecule has 1 unspecified atom stereocenters. The van der Waals surface area contributed by atoms with Crippen molar-refractivity contribution in [3.05, 3.63) is 46.3 Å². The third-order valence-corrected chi connectivity index (χ3v) is 3.09. The van der Waals surface area contributed by atoms with E-state index in [2.05, 4.69) is 10.1 Å². The van der Waals surface area contributed by atoms with Gasteiger partial charge in [-0.25, -0.2) is 9.59 Å². The summed E-state index contributed by atoms with van der Waals surface area (Å²) in [6.45, 7) is 1.73. The van der Waals surface area contributed by atoms with Gasteiger partial charge in [0.25, 0.3) is 5.91 Å². The van der Waals surface area contributed by atoms with E-state index in [9.17, 15) is 14.4 Å². The van der Waals surface area contributed by atoms with Crippen LogP contribution in [-0.4, -0.2) is 25.0 Å². The van der Waals surface area contributed by atoms with Gasteiger partial charge in [-0.1, -0.05) is 25.1 Å². The van der Waals surface area contributed by atoms with Gasteiger partial charge in [0.15, 0.2) is 0 Å². The Morgan fingerprint density at radius 2 is 2.05 bits per heavy atom.